The molecule has 0 saturated heterocycles. The van der Waals surface area contributed by atoms with Gasteiger partial charge >= 0.3 is 5.97 Å². The van der Waals surface area contributed by atoms with Crippen LogP contribution in [0.25, 0.3) is 0 Å². The zero-order valence-electron chi connectivity index (χ0n) is 11.8. The van der Waals surface area contributed by atoms with E-state index in [4.69, 9.17) is 10.8 Å². The summed E-state index contributed by atoms with van der Waals surface area (Å²) in [5, 5.41) is 9.12. The number of rotatable bonds is 6. The molecule has 1 heterocycles. The first-order chi connectivity index (χ1) is 10.0. The minimum Gasteiger partial charge on any atom is -0.480 e. The highest BCUT2D eigenvalue weighted by molar-refractivity contribution is 5.98. The molecule has 0 unspecified atom stereocenters. The first-order valence-electron chi connectivity index (χ1n) is 7.34. The van der Waals surface area contributed by atoms with Crippen LogP contribution in [0.2, 0.25) is 0 Å². The Bertz CT molecular complexity index is 596. The van der Waals surface area contributed by atoms with Crippen LogP contribution in [0.3, 0.4) is 0 Å². The third-order valence-corrected chi connectivity index (χ3v) is 4.10. The molecule has 0 aliphatic heterocycles. The third-order valence-electron chi connectivity index (χ3n) is 4.10. The fourth-order valence-electron chi connectivity index (χ4n) is 2.88. The van der Waals surface area contributed by atoms with Crippen LogP contribution >= 0.6 is 0 Å². The maximum absolute atomic E-state index is 11.7. The maximum atomic E-state index is 11.7. The molecule has 6 nitrogen and oxygen atoms in total. The summed E-state index contributed by atoms with van der Waals surface area (Å²) in [6.45, 7) is 0.473. The number of carbonyl (C=O) groups is 2. The number of primary amides is 1. The number of aryl methyl sites for hydroxylation is 2. The standard InChI is InChI=1S/C15H19N3O3/c16-14(21)11-6-10-2-1-3-12(10)17-15(11)18(8-13(19)20)7-9-4-5-9/h6,9H,1-5,7-8H2,(H2,16,21)(H,19,20). The van der Waals surface area contributed by atoms with Gasteiger partial charge in [0.2, 0.25) is 0 Å². The van der Waals surface area contributed by atoms with Crippen molar-refractivity contribution in [1.29, 1.82) is 0 Å². The van der Waals surface area contributed by atoms with Gasteiger partial charge in [0.05, 0.1) is 5.56 Å². The molecule has 1 fully saturated rings. The normalized spacial score (nSPS) is 16.6. The van der Waals surface area contributed by atoms with Crippen LogP contribution in [0.15, 0.2) is 6.07 Å². The van der Waals surface area contributed by atoms with E-state index in [0.29, 0.717) is 23.8 Å². The van der Waals surface area contributed by atoms with Gasteiger partial charge in [-0.05, 0) is 49.7 Å². The number of carbonyl (C=O) groups excluding carboxylic acids is 1. The molecule has 3 N–H and O–H groups in total. The van der Waals surface area contributed by atoms with Crippen LogP contribution in [0.4, 0.5) is 5.82 Å². The molecule has 3 rings (SSSR count). The van der Waals surface area contributed by atoms with Crippen molar-refractivity contribution in [2.24, 2.45) is 11.7 Å². The molecule has 1 aromatic rings. The largest absolute Gasteiger partial charge is 0.480 e. The zero-order chi connectivity index (χ0) is 15.0. The second-order valence-electron chi connectivity index (χ2n) is 5.90. The van der Waals surface area contributed by atoms with E-state index in [1.54, 1.807) is 11.0 Å². The van der Waals surface area contributed by atoms with E-state index in [0.717, 1.165) is 43.4 Å². The van der Waals surface area contributed by atoms with E-state index in [-0.39, 0.29) is 6.54 Å². The van der Waals surface area contributed by atoms with Crippen molar-refractivity contribution in [1.82, 2.24) is 4.98 Å². The fraction of sp³-hybridized carbons (Fsp3) is 0.533. The lowest BCUT2D eigenvalue weighted by Crippen LogP contribution is -2.34. The highest BCUT2D eigenvalue weighted by Crippen LogP contribution is 2.33. The molecule has 21 heavy (non-hydrogen) atoms. The van der Waals surface area contributed by atoms with Gasteiger partial charge in [-0.2, -0.15) is 0 Å². The van der Waals surface area contributed by atoms with Gasteiger partial charge in [0.25, 0.3) is 5.91 Å². The number of carboxylic acid groups (broad SMARTS) is 1. The van der Waals surface area contributed by atoms with Crippen LogP contribution in [0, 0.1) is 5.92 Å². The average Bonchev–Trinajstić information content (AvgIpc) is 3.11. The van der Waals surface area contributed by atoms with Crippen LogP contribution in [-0.2, 0) is 17.6 Å². The van der Waals surface area contributed by atoms with E-state index >= 15 is 0 Å². The highest BCUT2D eigenvalue weighted by Gasteiger charge is 2.29. The van der Waals surface area contributed by atoms with Crippen LogP contribution in [0.5, 0.6) is 0 Å². The minimum atomic E-state index is -0.923. The van der Waals surface area contributed by atoms with Crippen molar-refractivity contribution in [3.63, 3.8) is 0 Å². The summed E-state index contributed by atoms with van der Waals surface area (Å²) in [4.78, 5) is 29.1. The Labute approximate surface area is 123 Å². The summed E-state index contributed by atoms with van der Waals surface area (Å²) in [5.74, 6) is -0.524. The van der Waals surface area contributed by atoms with E-state index in [1.807, 2.05) is 0 Å². The number of fused-ring (bicyclic) bond motifs is 1. The van der Waals surface area contributed by atoms with Gasteiger partial charge in [-0.1, -0.05) is 0 Å². The zero-order valence-corrected chi connectivity index (χ0v) is 11.8. The van der Waals surface area contributed by atoms with Gasteiger partial charge < -0.3 is 15.7 Å². The van der Waals surface area contributed by atoms with Crippen LogP contribution in [-0.4, -0.2) is 35.1 Å². The van der Waals surface area contributed by atoms with E-state index in [1.165, 1.54) is 0 Å². The summed E-state index contributed by atoms with van der Waals surface area (Å²) in [5.41, 5.74) is 7.85. The molecule has 1 aromatic heterocycles. The molecule has 1 amide bonds. The Hall–Kier alpha value is -2.11. The molecule has 0 atom stereocenters. The number of aromatic nitrogens is 1. The first kappa shape index (κ1) is 13.9. The van der Waals surface area contributed by atoms with Gasteiger partial charge in [0, 0.05) is 12.2 Å². The summed E-state index contributed by atoms with van der Waals surface area (Å²) >= 11 is 0. The van der Waals surface area contributed by atoms with Gasteiger partial charge in [-0.3, -0.25) is 9.59 Å². The molecular formula is C15H19N3O3. The smallest absolute Gasteiger partial charge is 0.323 e. The fourth-order valence-corrected chi connectivity index (χ4v) is 2.88. The second-order valence-corrected chi connectivity index (χ2v) is 5.90. The van der Waals surface area contributed by atoms with Crippen molar-refractivity contribution in [2.45, 2.75) is 32.1 Å². The monoisotopic (exact) mass is 289 g/mol. The van der Waals surface area contributed by atoms with Gasteiger partial charge in [0.1, 0.15) is 12.4 Å². The van der Waals surface area contributed by atoms with Crippen molar-refractivity contribution in [3.05, 3.63) is 22.9 Å². The Balaban J connectivity index is 1.99. The lowest BCUT2D eigenvalue weighted by molar-refractivity contribution is -0.135. The van der Waals surface area contributed by atoms with Gasteiger partial charge in [-0.15, -0.1) is 0 Å². The predicted molar refractivity (Wildman–Crippen MR) is 77.4 cm³/mol. The van der Waals surface area contributed by atoms with E-state index in [2.05, 4.69) is 4.98 Å². The molecule has 2 aliphatic carbocycles. The number of nitrogens with two attached hydrogens (primary N) is 1. The Morgan fingerprint density at radius 3 is 2.76 bits per heavy atom. The van der Waals surface area contributed by atoms with Gasteiger partial charge in [0.15, 0.2) is 0 Å². The summed E-state index contributed by atoms with van der Waals surface area (Å²) in [6, 6.07) is 1.80. The molecule has 2 aliphatic rings. The first-order valence-corrected chi connectivity index (χ1v) is 7.34. The number of hydrogen-bond donors (Lipinski definition) is 2. The predicted octanol–water partition coefficient (Wildman–Crippen LogP) is 0.970. The molecule has 0 radical (unpaired) electrons. The number of carboxylic acids is 1. The number of anilines is 1. The van der Waals surface area contributed by atoms with Crippen LogP contribution in [0.1, 0.15) is 40.9 Å². The summed E-state index contributed by atoms with van der Waals surface area (Å²) in [7, 11) is 0. The number of hydrogen-bond acceptors (Lipinski definition) is 4. The van der Waals surface area contributed by atoms with Gasteiger partial charge in [-0.25, -0.2) is 4.98 Å². The average molecular weight is 289 g/mol. The molecular weight excluding hydrogens is 270 g/mol. The molecule has 6 heteroatoms. The van der Waals surface area contributed by atoms with Crippen molar-refractivity contribution < 1.29 is 14.7 Å². The number of aliphatic carboxylic acids is 1. The highest BCUT2D eigenvalue weighted by atomic mass is 16.4. The number of nitrogens with zero attached hydrogens (tertiary/aromatic N) is 2. The summed E-state index contributed by atoms with van der Waals surface area (Å²) < 4.78 is 0. The third kappa shape index (κ3) is 2.99. The van der Waals surface area contributed by atoms with Crippen LogP contribution < -0.4 is 10.6 Å². The lowest BCUT2D eigenvalue weighted by Gasteiger charge is -2.24. The molecule has 0 spiro atoms. The minimum absolute atomic E-state index is 0.150. The van der Waals surface area contributed by atoms with Crippen molar-refractivity contribution >= 4 is 17.7 Å². The lowest BCUT2D eigenvalue weighted by atomic mass is 10.1. The van der Waals surface area contributed by atoms with E-state index in [9.17, 15) is 9.59 Å². The Morgan fingerprint density at radius 1 is 1.38 bits per heavy atom. The van der Waals surface area contributed by atoms with Crippen molar-refractivity contribution in [2.75, 3.05) is 18.0 Å². The molecule has 1 saturated carbocycles. The summed E-state index contributed by atoms with van der Waals surface area (Å²) in [6.07, 6.45) is 5.02. The number of amides is 1. The number of pyridine rings is 1. The molecule has 0 aromatic carbocycles. The SMILES string of the molecule is NC(=O)c1cc2c(nc1N(CC(=O)O)CC1CC1)CCC2. The van der Waals surface area contributed by atoms with Crippen molar-refractivity contribution in [3.8, 4) is 0 Å². The maximum Gasteiger partial charge on any atom is 0.323 e. The Kier molecular flexibility index (Phi) is 3.53. The molecule has 112 valence electrons. The Morgan fingerprint density at radius 2 is 2.14 bits per heavy atom. The topological polar surface area (TPSA) is 96.5 Å². The van der Waals surface area contributed by atoms with E-state index < -0.39 is 11.9 Å². The second kappa shape index (κ2) is 5.35. The molecule has 0 bridgehead atoms. The quantitative estimate of drug-likeness (QED) is 0.813.